The molecule has 0 aromatic carbocycles. The molecule has 2 aromatic rings. The van der Waals surface area contributed by atoms with E-state index in [0.29, 0.717) is 28.2 Å². The smallest absolute Gasteiger partial charge is 0.224 e. The summed E-state index contributed by atoms with van der Waals surface area (Å²) in [4.78, 5) is 12.0. The molecular formula is C12H13Cl2N4O2P. The van der Waals surface area contributed by atoms with Crippen LogP contribution in [0.25, 0.3) is 0 Å². The van der Waals surface area contributed by atoms with Gasteiger partial charge < -0.3 is 14.6 Å². The van der Waals surface area contributed by atoms with Gasteiger partial charge in [0.2, 0.25) is 11.2 Å². The van der Waals surface area contributed by atoms with Crippen molar-refractivity contribution in [3.8, 4) is 11.6 Å². The molecule has 0 aliphatic carbocycles. The molecule has 0 atom stereocenters. The number of hydrogen-bond donors (Lipinski definition) is 1. The van der Waals surface area contributed by atoms with Crippen molar-refractivity contribution in [2.75, 3.05) is 25.8 Å². The highest BCUT2D eigenvalue weighted by molar-refractivity contribution is 7.51. The standard InChI is InChI=1S/C12H13Cl2N4O2P/c1-19-10-4-9(20-21(2)3)8(6-15-10)17-11-7(13)5-16-12(14)18-11/h4-6H,1-3H3,(H,16,17,18). The lowest BCUT2D eigenvalue weighted by molar-refractivity contribution is 0.396. The Morgan fingerprint density at radius 1 is 1.19 bits per heavy atom. The van der Waals surface area contributed by atoms with Gasteiger partial charge in [-0.25, -0.2) is 9.97 Å². The number of pyridine rings is 1. The highest BCUT2D eigenvalue weighted by atomic mass is 35.5. The van der Waals surface area contributed by atoms with Crippen LogP contribution in [0, 0.1) is 0 Å². The summed E-state index contributed by atoms with van der Waals surface area (Å²) in [6.07, 6.45) is 3.00. The molecule has 0 radical (unpaired) electrons. The van der Waals surface area contributed by atoms with Crippen LogP contribution in [0.4, 0.5) is 11.5 Å². The summed E-state index contributed by atoms with van der Waals surface area (Å²) < 4.78 is 10.9. The van der Waals surface area contributed by atoms with Gasteiger partial charge in [0, 0.05) is 6.07 Å². The molecular weight excluding hydrogens is 334 g/mol. The van der Waals surface area contributed by atoms with Crippen LogP contribution in [0.1, 0.15) is 0 Å². The van der Waals surface area contributed by atoms with E-state index in [1.807, 2.05) is 13.3 Å². The van der Waals surface area contributed by atoms with Crippen molar-refractivity contribution in [2.24, 2.45) is 0 Å². The summed E-state index contributed by atoms with van der Waals surface area (Å²) >= 11 is 11.8. The summed E-state index contributed by atoms with van der Waals surface area (Å²) in [6.45, 7) is 3.97. The maximum Gasteiger partial charge on any atom is 0.224 e. The third-order valence-corrected chi connectivity index (χ3v) is 3.32. The first-order valence-corrected chi connectivity index (χ1v) is 8.75. The van der Waals surface area contributed by atoms with Crippen LogP contribution in [0.5, 0.6) is 11.6 Å². The van der Waals surface area contributed by atoms with Gasteiger partial charge in [0.1, 0.15) is 10.7 Å². The summed E-state index contributed by atoms with van der Waals surface area (Å²) in [6, 6.07) is 1.70. The fourth-order valence-electron chi connectivity index (χ4n) is 1.46. The third kappa shape index (κ3) is 4.30. The zero-order valence-electron chi connectivity index (χ0n) is 11.6. The predicted octanol–water partition coefficient (Wildman–Crippen LogP) is 3.97. The molecule has 9 heteroatoms. The van der Waals surface area contributed by atoms with Gasteiger partial charge >= 0.3 is 0 Å². The van der Waals surface area contributed by atoms with Crippen molar-refractivity contribution >= 4 is 42.9 Å². The van der Waals surface area contributed by atoms with Crippen molar-refractivity contribution < 1.29 is 9.26 Å². The minimum atomic E-state index is -0.614. The fraction of sp³-hybridized carbons (Fsp3) is 0.250. The van der Waals surface area contributed by atoms with Crippen LogP contribution in [0.3, 0.4) is 0 Å². The SMILES string of the molecule is COc1cc(OP(C)C)c(Nc2nc(Cl)ncc2Cl)cn1. The third-order valence-electron chi connectivity index (χ3n) is 2.30. The normalized spacial score (nSPS) is 10.6. The minimum Gasteiger partial charge on any atom is -0.481 e. The second-order valence-electron chi connectivity index (χ2n) is 4.09. The van der Waals surface area contributed by atoms with E-state index in [-0.39, 0.29) is 5.28 Å². The number of ether oxygens (including phenoxy) is 1. The Kier molecular flexibility index (Phi) is 5.39. The largest absolute Gasteiger partial charge is 0.481 e. The van der Waals surface area contributed by atoms with Crippen molar-refractivity contribution in [1.82, 2.24) is 15.0 Å². The Morgan fingerprint density at radius 3 is 2.62 bits per heavy atom. The van der Waals surface area contributed by atoms with Gasteiger partial charge in [0.15, 0.2) is 11.6 Å². The Balaban J connectivity index is 2.36. The van der Waals surface area contributed by atoms with Crippen LogP contribution in [0.2, 0.25) is 10.3 Å². The molecule has 0 fully saturated rings. The second kappa shape index (κ2) is 7.07. The molecule has 0 spiro atoms. The number of anilines is 2. The zero-order chi connectivity index (χ0) is 15.4. The van der Waals surface area contributed by atoms with E-state index < -0.39 is 8.15 Å². The summed E-state index contributed by atoms with van der Waals surface area (Å²) in [7, 11) is 0.929. The Labute approximate surface area is 133 Å². The Morgan fingerprint density at radius 2 is 1.95 bits per heavy atom. The maximum absolute atomic E-state index is 6.03. The molecule has 0 aliphatic heterocycles. The average molecular weight is 347 g/mol. The maximum atomic E-state index is 6.03. The molecule has 0 unspecified atom stereocenters. The molecule has 2 rings (SSSR count). The van der Waals surface area contributed by atoms with E-state index in [4.69, 9.17) is 32.5 Å². The van der Waals surface area contributed by atoms with Gasteiger partial charge in [-0.15, -0.1) is 0 Å². The first-order valence-electron chi connectivity index (χ1n) is 5.84. The van der Waals surface area contributed by atoms with Crippen LogP contribution in [0.15, 0.2) is 18.5 Å². The Hall–Kier alpha value is -1.36. The van der Waals surface area contributed by atoms with Gasteiger partial charge in [-0.1, -0.05) is 11.6 Å². The molecule has 6 nitrogen and oxygen atoms in total. The van der Waals surface area contributed by atoms with Gasteiger partial charge in [0.05, 0.1) is 27.7 Å². The highest BCUT2D eigenvalue weighted by Crippen LogP contribution is 2.38. The lowest BCUT2D eigenvalue weighted by Gasteiger charge is -2.15. The quantitative estimate of drug-likeness (QED) is 0.652. The molecule has 0 amide bonds. The molecule has 2 aromatic heterocycles. The number of halogens is 2. The average Bonchev–Trinajstić information content (AvgIpc) is 2.44. The predicted molar refractivity (Wildman–Crippen MR) is 85.5 cm³/mol. The van der Waals surface area contributed by atoms with Crippen LogP contribution in [-0.2, 0) is 0 Å². The lowest BCUT2D eigenvalue weighted by Crippen LogP contribution is -2.00. The van der Waals surface area contributed by atoms with Gasteiger partial charge in [-0.05, 0) is 24.9 Å². The number of methoxy groups -OCH3 is 1. The van der Waals surface area contributed by atoms with Crippen LogP contribution >= 0.6 is 31.4 Å². The van der Waals surface area contributed by atoms with Crippen LogP contribution in [-0.4, -0.2) is 35.4 Å². The minimum absolute atomic E-state index is 0.0964. The van der Waals surface area contributed by atoms with Crippen molar-refractivity contribution in [2.45, 2.75) is 0 Å². The van der Waals surface area contributed by atoms with Gasteiger partial charge in [-0.3, -0.25) is 0 Å². The molecule has 112 valence electrons. The summed E-state index contributed by atoms with van der Waals surface area (Å²) in [5.41, 5.74) is 0.615. The number of rotatable bonds is 5. The second-order valence-corrected chi connectivity index (χ2v) is 6.64. The van der Waals surface area contributed by atoms with Crippen molar-refractivity contribution in [3.63, 3.8) is 0 Å². The lowest BCUT2D eigenvalue weighted by atomic mass is 10.3. The number of aromatic nitrogens is 3. The Bertz CT molecular complexity index is 643. The van der Waals surface area contributed by atoms with Crippen molar-refractivity contribution in [3.05, 3.63) is 28.8 Å². The van der Waals surface area contributed by atoms with E-state index in [1.54, 1.807) is 19.4 Å². The van der Waals surface area contributed by atoms with Gasteiger partial charge in [0.25, 0.3) is 0 Å². The first-order chi connectivity index (χ1) is 9.99. The zero-order valence-corrected chi connectivity index (χ0v) is 14.0. The fourth-order valence-corrected chi connectivity index (χ4v) is 2.27. The summed E-state index contributed by atoms with van der Waals surface area (Å²) in [5, 5.41) is 3.48. The van der Waals surface area contributed by atoms with Crippen LogP contribution < -0.4 is 14.6 Å². The molecule has 1 N–H and O–H groups in total. The van der Waals surface area contributed by atoms with Gasteiger partial charge in [-0.2, -0.15) is 4.98 Å². The molecule has 0 saturated carbocycles. The van der Waals surface area contributed by atoms with E-state index >= 15 is 0 Å². The number of nitrogens with zero attached hydrogens (tertiary/aromatic N) is 3. The number of nitrogens with one attached hydrogen (secondary N) is 1. The topological polar surface area (TPSA) is 69.2 Å². The van der Waals surface area contributed by atoms with Crippen molar-refractivity contribution in [1.29, 1.82) is 0 Å². The van der Waals surface area contributed by atoms with E-state index in [2.05, 4.69) is 20.3 Å². The molecule has 21 heavy (non-hydrogen) atoms. The van der Waals surface area contributed by atoms with E-state index in [0.717, 1.165) is 0 Å². The molecule has 0 saturated heterocycles. The molecule has 0 bridgehead atoms. The van der Waals surface area contributed by atoms with E-state index in [1.165, 1.54) is 6.20 Å². The summed E-state index contributed by atoms with van der Waals surface area (Å²) in [5.74, 6) is 1.44. The first kappa shape index (κ1) is 16.0. The van der Waals surface area contributed by atoms with E-state index in [9.17, 15) is 0 Å². The highest BCUT2D eigenvalue weighted by Gasteiger charge is 2.12. The monoisotopic (exact) mass is 346 g/mol. The molecule has 0 aliphatic rings. The molecule has 2 heterocycles. The number of hydrogen-bond acceptors (Lipinski definition) is 6.